The molecule has 3 aromatic carbocycles. The molecule has 3 aromatic rings. The Labute approximate surface area is 208 Å². The third-order valence-corrected chi connectivity index (χ3v) is 6.59. The number of nitrogens with one attached hydrogen (secondary N) is 1. The van der Waals surface area contributed by atoms with Crippen molar-refractivity contribution in [3.8, 4) is 5.75 Å². The summed E-state index contributed by atoms with van der Waals surface area (Å²) in [6.07, 6.45) is 1.81. The fourth-order valence-corrected chi connectivity index (χ4v) is 4.78. The first-order chi connectivity index (χ1) is 16.3. The zero-order valence-corrected chi connectivity index (χ0v) is 20.8. The second kappa shape index (κ2) is 10.2. The van der Waals surface area contributed by atoms with Crippen molar-refractivity contribution >= 4 is 57.6 Å². The molecule has 1 N–H and O–H groups in total. The molecule has 1 fully saturated rings. The van der Waals surface area contributed by atoms with Crippen LogP contribution in [0.4, 0.5) is 11.4 Å². The van der Waals surface area contributed by atoms with Gasteiger partial charge in [0.25, 0.3) is 11.8 Å². The highest BCUT2D eigenvalue weighted by Crippen LogP contribution is 2.36. The maximum atomic E-state index is 12.9. The topological polar surface area (TPSA) is 58.6 Å². The molecule has 1 aliphatic heterocycles. The molecule has 172 valence electrons. The maximum absolute atomic E-state index is 12.9. The smallest absolute Gasteiger partial charge is 0.270 e. The summed E-state index contributed by atoms with van der Waals surface area (Å²) in [6, 6.07) is 20.8. The molecule has 1 aliphatic rings. The predicted octanol–water partition coefficient (Wildman–Crippen LogP) is 6.04. The van der Waals surface area contributed by atoms with Crippen molar-refractivity contribution in [1.82, 2.24) is 0 Å². The van der Waals surface area contributed by atoms with E-state index in [9.17, 15) is 9.59 Å². The second-order valence-corrected chi connectivity index (χ2v) is 9.75. The van der Waals surface area contributed by atoms with Gasteiger partial charge >= 0.3 is 0 Å². The monoisotopic (exact) mass is 488 g/mol. The van der Waals surface area contributed by atoms with Crippen molar-refractivity contribution in [1.29, 1.82) is 0 Å². The lowest BCUT2D eigenvalue weighted by Crippen LogP contribution is -2.27. The van der Waals surface area contributed by atoms with Gasteiger partial charge in [0.2, 0.25) is 0 Å². The number of thiocarbonyl (C=S) groups is 1. The van der Waals surface area contributed by atoms with Crippen molar-refractivity contribution < 1.29 is 14.3 Å². The summed E-state index contributed by atoms with van der Waals surface area (Å²) in [5.74, 6) is 0.207. The highest BCUT2D eigenvalue weighted by molar-refractivity contribution is 8.27. The largest absolute Gasteiger partial charge is 0.484 e. The molecule has 0 spiro atoms. The van der Waals surface area contributed by atoms with Gasteiger partial charge in [-0.15, -0.1) is 0 Å². The Morgan fingerprint density at radius 1 is 1.00 bits per heavy atom. The lowest BCUT2D eigenvalue weighted by molar-refractivity contribution is -0.118. The number of carbonyl (C=O) groups is 2. The van der Waals surface area contributed by atoms with Crippen LogP contribution in [0.3, 0.4) is 0 Å². The number of amides is 2. The third kappa shape index (κ3) is 5.55. The standard InChI is InChI=1S/C27H24N2O3S2/c1-17-4-9-21(10-5-17)29-26(31)24(34-27(29)33)15-20-7-11-22(12-8-20)32-16-25(30)28-23-13-6-18(2)14-19(23)3/h4-15H,16H2,1-3H3,(H,28,30)/b24-15-. The summed E-state index contributed by atoms with van der Waals surface area (Å²) >= 11 is 6.72. The van der Waals surface area contributed by atoms with Gasteiger partial charge in [-0.2, -0.15) is 0 Å². The molecule has 7 heteroatoms. The molecule has 0 aliphatic carbocycles. The van der Waals surface area contributed by atoms with E-state index in [2.05, 4.69) is 5.32 Å². The molecule has 2 amide bonds. The maximum Gasteiger partial charge on any atom is 0.270 e. The van der Waals surface area contributed by atoms with Gasteiger partial charge in [-0.1, -0.05) is 71.5 Å². The zero-order valence-electron chi connectivity index (χ0n) is 19.1. The molecule has 5 nitrogen and oxygen atoms in total. The van der Waals surface area contributed by atoms with Crippen LogP contribution in [0.1, 0.15) is 22.3 Å². The van der Waals surface area contributed by atoms with Gasteiger partial charge in [-0.3, -0.25) is 14.5 Å². The molecule has 34 heavy (non-hydrogen) atoms. The number of nitrogens with zero attached hydrogens (tertiary/aromatic N) is 1. The Hall–Kier alpha value is -3.42. The Bertz CT molecular complexity index is 1280. The first-order valence-corrected chi connectivity index (χ1v) is 12.0. The minimum absolute atomic E-state index is 0.0954. The minimum Gasteiger partial charge on any atom is -0.484 e. The summed E-state index contributed by atoms with van der Waals surface area (Å²) in [5, 5.41) is 2.87. The predicted molar refractivity (Wildman–Crippen MR) is 143 cm³/mol. The van der Waals surface area contributed by atoms with E-state index in [1.54, 1.807) is 17.0 Å². The Morgan fingerprint density at radius 3 is 2.35 bits per heavy atom. The fraction of sp³-hybridized carbons (Fsp3) is 0.148. The third-order valence-electron chi connectivity index (χ3n) is 5.29. The number of anilines is 2. The number of hydrogen-bond donors (Lipinski definition) is 1. The van der Waals surface area contributed by atoms with Gasteiger partial charge in [0.15, 0.2) is 10.9 Å². The van der Waals surface area contributed by atoms with Crippen LogP contribution >= 0.6 is 24.0 Å². The van der Waals surface area contributed by atoms with Crippen molar-refractivity contribution in [2.75, 3.05) is 16.8 Å². The Kier molecular flexibility index (Phi) is 7.14. The van der Waals surface area contributed by atoms with Crippen LogP contribution in [-0.2, 0) is 9.59 Å². The summed E-state index contributed by atoms with van der Waals surface area (Å²) in [7, 11) is 0. The molecule has 1 heterocycles. The highest BCUT2D eigenvalue weighted by atomic mass is 32.2. The number of hydrogen-bond acceptors (Lipinski definition) is 5. The van der Waals surface area contributed by atoms with E-state index >= 15 is 0 Å². The second-order valence-electron chi connectivity index (χ2n) is 8.08. The van der Waals surface area contributed by atoms with Gasteiger partial charge in [-0.25, -0.2) is 0 Å². The van der Waals surface area contributed by atoms with Crippen LogP contribution < -0.4 is 15.0 Å². The number of benzene rings is 3. The number of thioether (sulfide) groups is 1. The minimum atomic E-state index is -0.226. The van der Waals surface area contributed by atoms with E-state index in [1.165, 1.54) is 11.8 Å². The summed E-state index contributed by atoms with van der Waals surface area (Å²) in [4.78, 5) is 27.3. The molecule has 0 radical (unpaired) electrons. The number of carbonyl (C=O) groups excluding carboxylic acids is 2. The normalized spacial score (nSPS) is 14.6. The molecule has 4 rings (SSSR count). The molecule has 0 aromatic heterocycles. The fourth-order valence-electron chi connectivity index (χ4n) is 3.48. The average Bonchev–Trinajstić information content (AvgIpc) is 3.08. The van der Waals surface area contributed by atoms with Crippen molar-refractivity contribution in [2.45, 2.75) is 20.8 Å². The zero-order chi connectivity index (χ0) is 24.2. The van der Waals surface area contributed by atoms with Crippen LogP contribution in [0.15, 0.2) is 71.6 Å². The van der Waals surface area contributed by atoms with Crippen LogP contribution in [-0.4, -0.2) is 22.7 Å². The molecule has 0 unspecified atom stereocenters. The lowest BCUT2D eigenvalue weighted by atomic mass is 10.1. The van der Waals surface area contributed by atoms with Crippen LogP contribution in [0.5, 0.6) is 5.75 Å². The number of aryl methyl sites for hydroxylation is 3. The van der Waals surface area contributed by atoms with E-state index in [0.717, 1.165) is 33.6 Å². The molecule has 1 saturated heterocycles. The van der Waals surface area contributed by atoms with Crippen molar-refractivity contribution in [2.24, 2.45) is 0 Å². The average molecular weight is 489 g/mol. The van der Waals surface area contributed by atoms with Crippen molar-refractivity contribution in [3.05, 3.63) is 93.9 Å². The summed E-state index contributed by atoms with van der Waals surface area (Å²) < 4.78 is 6.13. The van der Waals surface area contributed by atoms with E-state index in [-0.39, 0.29) is 18.4 Å². The van der Waals surface area contributed by atoms with E-state index in [0.29, 0.717) is 15.0 Å². The van der Waals surface area contributed by atoms with Gasteiger partial charge in [0.1, 0.15) is 5.75 Å². The van der Waals surface area contributed by atoms with Gasteiger partial charge < -0.3 is 10.1 Å². The molecule has 0 bridgehead atoms. The number of ether oxygens (including phenoxy) is 1. The molecule has 0 saturated carbocycles. The van der Waals surface area contributed by atoms with Gasteiger partial charge in [0.05, 0.1) is 10.6 Å². The van der Waals surface area contributed by atoms with E-state index < -0.39 is 0 Å². The first-order valence-electron chi connectivity index (χ1n) is 10.7. The molecular formula is C27H24N2O3S2. The summed E-state index contributed by atoms with van der Waals surface area (Å²) in [6.45, 7) is 5.87. The van der Waals surface area contributed by atoms with Crippen LogP contribution in [0.2, 0.25) is 0 Å². The van der Waals surface area contributed by atoms with Gasteiger partial charge in [0, 0.05) is 5.69 Å². The molecule has 0 atom stereocenters. The SMILES string of the molecule is Cc1ccc(N2C(=O)/C(=C/c3ccc(OCC(=O)Nc4ccc(C)cc4C)cc3)SC2=S)cc1. The quantitative estimate of drug-likeness (QED) is 0.339. The van der Waals surface area contributed by atoms with Crippen molar-refractivity contribution in [3.63, 3.8) is 0 Å². The van der Waals surface area contributed by atoms with Gasteiger partial charge in [-0.05, 0) is 68.3 Å². The Morgan fingerprint density at radius 2 is 1.68 bits per heavy atom. The van der Waals surface area contributed by atoms with E-state index in [4.69, 9.17) is 17.0 Å². The highest BCUT2D eigenvalue weighted by Gasteiger charge is 2.33. The lowest BCUT2D eigenvalue weighted by Gasteiger charge is -2.14. The number of rotatable bonds is 6. The molecular weight excluding hydrogens is 464 g/mol. The van der Waals surface area contributed by atoms with E-state index in [1.807, 2.05) is 81.4 Å². The Balaban J connectivity index is 1.37. The summed E-state index contributed by atoms with van der Waals surface area (Å²) in [5.41, 5.74) is 5.65. The first kappa shape index (κ1) is 23.7. The van der Waals surface area contributed by atoms with Crippen LogP contribution in [0, 0.1) is 20.8 Å². The van der Waals surface area contributed by atoms with Crippen LogP contribution in [0.25, 0.3) is 6.08 Å².